The standard InChI is InChI=1S/C15H20BrN3O/c1-5-17-11(4)10(3)15-18-14(19-20-15)12-7-6-9(2)8-13(12)16/h6-8,10-11,17H,5H2,1-4H3. The molecule has 108 valence electrons. The lowest BCUT2D eigenvalue weighted by atomic mass is 10.0. The maximum atomic E-state index is 5.41. The van der Waals surface area contributed by atoms with Crippen molar-refractivity contribution in [3.8, 4) is 11.4 Å². The van der Waals surface area contributed by atoms with E-state index >= 15 is 0 Å². The highest BCUT2D eigenvalue weighted by Gasteiger charge is 2.21. The Morgan fingerprint density at radius 2 is 2.10 bits per heavy atom. The fourth-order valence-electron chi connectivity index (χ4n) is 2.04. The van der Waals surface area contributed by atoms with Gasteiger partial charge in [0.15, 0.2) is 0 Å². The van der Waals surface area contributed by atoms with E-state index in [1.54, 1.807) is 0 Å². The third-order valence-electron chi connectivity index (χ3n) is 3.47. The molecule has 0 saturated heterocycles. The Hall–Kier alpha value is -1.20. The zero-order valence-electron chi connectivity index (χ0n) is 12.3. The van der Waals surface area contributed by atoms with Crippen LogP contribution in [-0.2, 0) is 0 Å². The van der Waals surface area contributed by atoms with Crippen LogP contribution < -0.4 is 5.32 Å². The maximum Gasteiger partial charge on any atom is 0.231 e. The van der Waals surface area contributed by atoms with Gasteiger partial charge in [0.25, 0.3) is 0 Å². The largest absolute Gasteiger partial charge is 0.339 e. The van der Waals surface area contributed by atoms with E-state index in [0.29, 0.717) is 17.8 Å². The number of nitrogens with one attached hydrogen (secondary N) is 1. The predicted molar refractivity (Wildman–Crippen MR) is 83.7 cm³/mol. The number of hydrogen-bond donors (Lipinski definition) is 1. The molecule has 1 heterocycles. The number of nitrogens with zero attached hydrogens (tertiary/aromatic N) is 2. The van der Waals surface area contributed by atoms with Gasteiger partial charge in [0.1, 0.15) is 0 Å². The molecule has 2 aromatic rings. The Kier molecular flexibility index (Phi) is 4.94. The first-order valence-electron chi connectivity index (χ1n) is 6.86. The zero-order valence-corrected chi connectivity index (χ0v) is 13.9. The minimum Gasteiger partial charge on any atom is -0.339 e. The highest BCUT2D eigenvalue weighted by Crippen LogP contribution is 2.28. The fourth-order valence-corrected chi connectivity index (χ4v) is 2.71. The molecule has 2 rings (SSSR count). The van der Waals surface area contributed by atoms with Crippen LogP contribution in [0.25, 0.3) is 11.4 Å². The average Bonchev–Trinajstić information content (AvgIpc) is 2.87. The molecule has 0 bridgehead atoms. The SMILES string of the molecule is CCNC(C)C(C)c1nc(-c2ccc(C)cc2Br)no1. The van der Waals surface area contributed by atoms with Crippen molar-refractivity contribution in [3.63, 3.8) is 0 Å². The first-order chi connectivity index (χ1) is 9.52. The molecule has 5 heteroatoms. The van der Waals surface area contributed by atoms with Crippen molar-refractivity contribution in [1.29, 1.82) is 0 Å². The molecule has 4 nitrogen and oxygen atoms in total. The van der Waals surface area contributed by atoms with E-state index in [1.807, 2.05) is 12.1 Å². The number of halogens is 1. The Bertz CT molecular complexity index is 582. The predicted octanol–water partition coefficient (Wildman–Crippen LogP) is 3.91. The molecule has 0 spiro atoms. The van der Waals surface area contributed by atoms with Gasteiger partial charge in [-0.15, -0.1) is 0 Å². The zero-order chi connectivity index (χ0) is 14.7. The van der Waals surface area contributed by atoms with Gasteiger partial charge in [0, 0.05) is 16.1 Å². The van der Waals surface area contributed by atoms with Crippen molar-refractivity contribution < 1.29 is 4.52 Å². The summed E-state index contributed by atoms with van der Waals surface area (Å²) in [5.74, 6) is 1.48. The summed E-state index contributed by atoms with van der Waals surface area (Å²) in [5, 5.41) is 7.47. The second-order valence-electron chi connectivity index (χ2n) is 5.07. The minimum absolute atomic E-state index is 0.181. The van der Waals surface area contributed by atoms with E-state index in [4.69, 9.17) is 4.52 Å². The highest BCUT2D eigenvalue weighted by atomic mass is 79.9. The van der Waals surface area contributed by atoms with Crippen LogP contribution >= 0.6 is 15.9 Å². The van der Waals surface area contributed by atoms with E-state index in [0.717, 1.165) is 16.6 Å². The molecule has 1 N–H and O–H groups in total. The summed E-state index contributed by atoms with van der Waals surface area (Å²) in [7, 11) is 0. The van der Waals surface area contributed by atoms with Crippen LogP contribution in [0.15, 0.2) is 27.2 Å². The number of aromatic nitrogens is 2. The lowest BCUT2D eigenvalue weighted by molar-refractivity contribution is 0.332. The minimum atomic E-state index is 0.181. The highest BCUT2D eigenvalue weighted by molar-refractivity contribution is 9.10. The molecule has 1 aromatic carbocycles. The quantitative estimate of drug-likeness (QED) is 0.898. The first-order valence-corrected chi connectivity index (χ1v) is 7.65. The van der Waals surface area contributed by atoms with Crippen LogP contribution in [0.1, 0.15) is 38.1 Å². The number of likely N-dealkylation sites (N-methyl/N-ethyl adjacent to an activating group) is 1. The fraction of sp³-hybridized carbons (Fsp3) is 0.467. The Labute approximate surface area is 128 Å². The summed E-state index contributed by atoms with van der Waals surface area (Å²) in [5.41, 5.74) is 2.15. The molecule has 0 saturated carbocycles. The van der Waals surface area contributed by atoms with Gasteiger partial charge >= 0.3 is 0 Å². The summed E-state index contributed by atoms with van der Waals surface area (Å²) < 4.78 is 6.40. The molecule has 0 aliphatic heterocycles. The van der Waals surface area contributed by atoms with E-state index < -0.39 is 0 Å². The monoisotopic (exact) mass is 337 g/mol. The topological polar surface area (TPSA) is 51.0 Å². The van der Waals surface area contributed by atoms with E-state index in [9.17, 15) is 0 Å². The molecule has 0 radical (unpaired) electrons. The number of hydrogen-bond acceptors (Lipinski definition) is 4. The Morgan fingerprint density at radius 3 is 2.75 bits per heavy atom. The van der Waals surface area contributed by atoms with Crippen molar-refractivity contribution in [2.75, 3.05) is 6.54 Å². The maximum absolute atomic E-state index is 5.41. The van der Waals surface area contributed by atoms with Gasteiger partial charge in [-0.1, -0.05) is 41.0 Å². The molecule has 2 unspecified atom stereocenters. The summed E-state index contributed by atoms with van der Waals surface area (Å²) in [6, 6.07) is 6.40. The molecule has 0 aliphatic carbocycles. The molecular weight excluding hydrogens is 318 g/mol. The number of benzene rings is 1. The summed E-state index contributed by atoms with van der Waals surface area (Å²) in [4.78, 5) is 4.53. The summed E-state index contributed by atoms with van der Waals surface area (Å²) in [6.45, 7) is 9.28. The summed E-state index contributed by atoms with van der Waals surface area (Å²) in [6.07, 6.45) is 0. The Morgan fingerprint density at radius 1 is 1.35 bits per heavy atom. The molecule has 20 heavy (non-hydrogen) atoms. The second-order valence-corrected chi connectivity index (χ2v) is 5.93. The third kappa shape index (κ3) is 3.27. The lowest BCUT2D eigenvalue weighted by Crippen LogP contribution is -2.30. The summed E-state index contributed by atoms with van der Waals surface area (Å²) >= 11 is 3.55. The molecule has 2 atom stereocenters. The van der Waals surface area contributed by atoms with Gasteiger partial charge in [0.05, 0.1) is 5.92 Å². The van der Waals surface area contributed by atoms with Crippen LogP contribution in [-0.4, -0.2) is 22.7 Å². The van der Waals surface area contributed by atoms with Crippen LogP contribution in [0.5, 0.6) is 0 Å². The number of rotatable bonds is 5. The van der Waals surface area contributed by atoms with Crippen LogP contribution in [0.3, 0.4) is 0 Å². The van der Waals surface area contributed by atoms with Gasteiger partial charge in [-0.3, -0.25) is 0 Å². The van der Waals surface area contributed by atoms with Gasteiger partial charge in [0.2, 0.25) is 11.7 Å². The molecule has 0 aliphatic rings. The first kappa shape index (κ1) is 15.2. The van der Waals surface area contributed by atoms with Gasteiger partial charge < -0.3 is 9.84 Å². The molecule has 0 amide bonds. The normalized spacial score (nSPS) is 14.2. The second kappa shape index (κ2) is 6.50. The Balaban J connectivity index is 2.24. The van der Waals surface area contributed by atoms with Gasteiger partial charge in [-0.05, 0) is 38.1 Å². The van der Waals surface area contributed by atoms with Crippen LogP contribution in [0.4, 0.5) is 0 Å². The van der Waals surface area contributed by atoms with Crippen LogP contribution in [0.2, 0.25) is 0 Å². The lowest BCUT2D eigenvalue weighted by Gasteiger charge is -2.16. The van der Waals surface area contributed by atoms with Crippen molar-refractivity contribution >= 4 is 15.9 Å². The van der Waals surface area contributed by atoms with Crippen LogP contribution in [0, 0.1) is 6.92 Å². The molecular formula is C15H20BrN3O. The van der Waals surface area contributed by atoms with Gasteiger partial charge in [-0.2, -0.15) is 4.98 Å². The van der Waals surface area contributed by atoms with Crippen molar-refractivity contribution in [1.82, 2.24) is 15.5 Å². The van der Waals surface area contributed by atoms with Crippen molar-refractivity contribution in [2.24, 2.45) is 0 Å². The van der Waals surface area contributed by atoms with Crippen molar-refractivity contribution in [2.45, 2.75) is 39.7 Å². The molecule has 1 aromatic heterocycles. The van der Waals surface area contributed by atoms with E-state index in [2.05, 4.69) is 65.1 Å². The van der Waals surface area contributed by atoms with E-state index in [1.165, 1.54) is 5.56 Å². The molecule has 0 fully saturated rings. The van der Waals surface area contributed by atoms with Crippen molar-refractivity contribution in [3.05, 3.63) is 34.1 Å². The van der Waals surface area contributed by atoms with Gasteiger partial charge in [-0.25, -0.2) is 0 Å². The number of aryl methyl sites for hydroxylation is 1. The third-order valence-corrected chi connectivity index (χ3v) is 4.13. The average molecular weight is 338 g/mol. The smallest absolute Gasteiger partial charge is 0.231 e. The van der Waals surface area contributed by atoms with E-state index in [-0.39, 0.29) is 5.92 Å².